The molecule has 1 aliphatic rings. The molecule has 1 saturated heterocycles. The maximum absolute atomic E-state index is 13.1. The molecule has 1 fully saturated rings. The molecule has 13 heteroatoms. The standard InChI is InChI=1S/C34H45ClN5O5PS/c1-24(21-25-11-8-9-19-40(20-18-25)47(5,43)44)34(41)37-27-16-17-30(45-2)26(22-27)12-10-15-32-36-23-28(35)33(39-32)38-29-13-6-7-14-31(29)46(3,4)42/h6-7,13-14,16-17,22-23,25H,1,8-12,15,18-21H2,2-5H3,(H,37,41)(H,36,38,39). The highest BCUT2D eigenvalue weighted by molar-refractivity contribution is 7.88. The first-order chi connectivity index (χ1) is 22.2. The van der Waals surface area contributed by atoms with E-state index in [1.165, 1.54) is 10.6 Å². The normalized spacial score (nSPS) is 16.1. The predicted octanol–water partition coefficient (Wildman–Crippen LogP) is 6.64. The first-order valence-electron chi connectivity index (χ1n) is 15.8. The molecular formula is C34H45ClN5O5PS. The lowest BCUT2D eigenvalue weighted by molar-refractivity contribution is -0.113. The van der Waals surface area contributed by atoms with E-state index >= 15 is 0 Å². The van der Waals surface area contributed by atoms with E-state index in [0.717, 1.165) is 30.1 Å². The van der Waals surface area contributed by atoms with Gasteiger partial charge in [0.2, 0.25) is 10.0 Å². The van der Waals surface area contributed by atoms with Crippen LogP contribution in [-0.4, -0.2) is 68.4 Å². The SMILES string of the molecule is C=C(CC1CCCCN(S(C)(=O)=O)CC1)C(=O)Nc1ccc(OC)c(CCCc2ncc(Cl)c(Nc3ccccc3P(C)(C)=O)n2)c1. The molecule has 2 aromatic carbocycles. The highest BCUT2D eigenvalue weighted by Gasteiger charge is 2.23. The topological polar surface area (TPSA) is 131 Å². The number of amides is 1. The molecule has 0 saturated carbocycles. The van der Waals surface area contributed by atoms with Crippen molar-refractivity contribution >= 4 is 57.2 Å². The monoisotopic (exact) mass is 701 g/mol. The number of ether oxygens (including phenoxy) is 1. The second kappa shape index (κ2) is 16.2. The molecule has 1 unspecified atom stereocenters. The second-order valence-electron chi connectivity index (χ2n) is 12.4. The van der Waals surface area contributed by atoms with Gasteiger partial charge < -0.3 is 19.9 Å². The van der Waals surface area contributed by atoms with Gasteiger partial charge in [-0.25, -0.2) is 22.7 Å². The van der Waals surface area contributed by atoms with Crippen molar-refractivity contribution in [3.63, 3.8) is 0 Å². The summed E-state index contributed by atoms with van der Waals surface area (Å²) >= 11 is 6.42. The van der Waals surface area contributed by atoms with Crippen LogP contribution in [0.25, 0.3) is 0 Å². The second-order valence-corrected chi connectivity index (χ2v) is 18.0. The smallest absolute Gasteiger partial charge is 0.250 e. The Kier molecular flexibility index (Phi) is 12.6. The molecule has 0 bridgehead atoms. The average Bonchev–Trinajstić information content (AvgIpc) is 2.99. The first-order valence-corrected chi connectivity index (χ1v) is 20.6. The maximum Gasteiger partial charge on any atom is 0.250 e. The summed E-state index contributed by atoms with van der Waals surface area (Å²) in [5.41, 5.74) is 2.75. The number of hydrogen-bond donors (Lipinski definition) is 2. The van der Waals surface area contributed by atoms with Crippen LogP contribution in [0.2, 0.25) is 5.02 Å². The lowest BCUT2D eigenvalue weighted by Gasteiger charge is -2.27. The van der Waals surface area contributed by atoms with E-state index in [2.05, 4.69) is 27.2 Å². The summed E-state index contributed by atoms with van der Waals surface area (Å²) in [6, 6.07) is 13.0. The average molecular weight is 702 g/mol. The summed E-state index contributed by atoms with van der Waals surface area (Å²) < 4.78 is 44.0. The van der Waals surface area contributed by atoms with Gasteiger partial charge in [0, 0.05) is 36.1 Å². The third-order valence-electron chi connectivity index (χ3n) is 8.30. The molecule has 0 radical (unpaired) electrons. The highest BCUT2D eigenvalue weighted by Crippen LogP contribution is 2.38. The number of sulfonamides is 1. The number of aromatic nitrogens is 2. The van der Waals surface area contributed by atoms with Crippen molar-refractivity contribution in [1.82, 2.24) is 14.3 Å². The summed E-state index contributed by atoms with van der Waals surface area (Å²) in [4.78, 5) is 22.1. The van der Waals surface area contributed by atoms with E-state index in [-0.39, 0.29) is 11.8 Å². The number of anilines is 3. The van der Waals surface area contributed by atoms with Crippen LogP contribution in [0, 0.1) is 5.92 Å². The number of para-hydroxylation sites is 1. The van der Waals surface area contributed by atoms with Crippen LogP contribution < -0.4 is 20.7 Å². The zero-order valence-electron chi connectivity index (χ0n) is 27.6. The minimum atomic E-state index is -3.23. The minimum Gasteiger partial charge on any atom is -0.496 e. The number of rotatable bonds is 13. The Labute approximate surface area is 283 Å². The number of carbonyl (C=O) groups excluding carboxylic acids is 1. The van der Waals surface area contributed by atoms with E-state index in [4.69, 9.17) is 16.3 Å². The van der Waals surface area contributed by atoms with Crippen molar-refractivity contribution in [3.05, 3.63) is 77.2 Å². The van der Waals surface area contributed by atoms with Gasteiger partial charge in [0.15, 0.2) is 5.82 Å². The van der Waals surface area contributed by atoms with E-state index in [0.29, 0.717) is 84.6 Å². The van der Waals surface area contributed by atoms with Crippen LogP contribution in [0.5, 0.6) is 5.75 Å². The molecule has 4 rings (SSSR count). The summed E-state index contributed by atoms with van der Waals surface area (Å²) in [6.07, 6.45) is 8.65. The van der Waals surface area contributed by atoms with Crippen LogP contribution in [0.1, 0.15) is 49.9 Å². The van der Waals surface area contributed by atoms with E-state index in [1.54, 1.807) is 32.7 Å². The Bertz CT molecular complexity index is 1750. The number of nitrogens with one attached hydrogen (secondary N) is 2. The number of benzene rings is 2. The zero-order chi connectivity index (χ0) is 34.2. The summed E-state index contributed by atoms with van der Waals surface area (Å²) in [5.74, 6) is 1.73. The van der Waals surface area contributed by atoms with E-state index in [1.807, 2.05) is 36.4 Å². The number of aryl methyl sites for hydroxylation is 2. The minimum absolute atomic E-state index is 0.199. The van der Waals surface area contributed by atoms with Crippen molar-refractivity contribution in [2.45, 2.75) is 51.4 Å². The first kappa shape index (κ1) is 36.6. The number of hydrogen-bond acceptors (Lipinski definition) is 8. The fourth-order valence-corrected chi connectivity index (χ4v) is 7.97. The van der Waals surface area contributed by atoms with Crippen molar-refractivity contribution in [2.24, 2.45) is 5.92 Å². The molecule has 0 aliphatic carbocycles. The Morgan fingerprint density at radius 1 is 1.13 bits per heavy atom. The summed E-state index contributed by atoms with van der Waals surface area (Å²) in [5, 5.41) is 7.30. The van der Waals surface area contributed by atoms with Gasteiger partial charge in [-0.3, -0.25) is 4.79 Å². The van der Waals surface area contributed by atoms with E-state index in [9.17, 15) is 17.8 Å². The predicted molar refractivity (Wildman–Crippen MR) is 192 cm³/mol. The van der Waals surface area contributed by atoms with Crippen molar-refractivity contribution in [3.8, 4) is 5.75 Å². The largest absolute Gasteiger partial charge is 0.496 e. The number of methoxy groups -OCH3 is 1. The molecule has 254 valence electrons. The summed E-state index contributed by atoms with van der Waals surface area (Å²) in [6.45, 7) is 8.52. The van der Waals surface area contributed by atoms with Crippen LogP contribution in [0.4, 0.5) is 17.2 Å². The maximum atomic E-state index is 13.1. The van der Waals surface area contributed by atoms with Gasteiger partial charge >= 0.3 is 0 Å². The fourth-order valence-electron chi connectivity index (χ4n) is 5.78. The van der Waals surface area contributed by atoms with Gasteiger partial charge in [0.05, 0.1) is 25.2 Å². The molecule has 10 nitrogen and oxygen atoms in total. The molecule has 0 spiro atoms. The highest BCUT2D eigenvalue weighted by atomic mass is 35.5. The van der Waals surface area contributed by atoms with Gasteiger partial charge in [0.25, 0.3) is 5.91 Å². The number of halogens is 1. The van der Waals surface area contributed by atoms with Crippen LogP contribution in [-0.2, 0) is 32.2 Å². The molecule has 1 amide bonds. The molecule has 47 heavy (non-hydrogen) atoms. The molecular weight excluding hydrogens is 657 g/mol. The molecule has 2 N–H and O–H groups in total. The Morgan fingerprint density at radius 3 is 2.62 bits per heavy atom. The van der Waals surface area contributed by atoms with Gasteiger partial charge in [-0.15, -0.1) is 0 Å². The Morgan fingerprint density at radius 2 is 1.89 bits per heavy atom. The molecule has 1 aliphatic heterocycles. The van der Waals surface area contributed by atoms with Crippen LogP contribution >= 0.6 is 18.7 Å². The molecule has 3 aromatic rings. The van der Waals surface area contributed by atoms with Gasteiger partial charge in [-0.2, -0.15) is 0 Å². The van der Waals surface area contributed by atoms with Crippen molar-refractivity contribution < 1.29 is 22.5 Å². The fraction of sp³-hybridized carbons (Fsp3) is 0.441. The Hall–Kier alpha value is -3.24. The number of nitrogens with zero attached hydrogens (tertiary/aromatic N) is 3. The number of carbonyl (C=O) groups is 1. The third kappa shape index (κ3) is 10.6. The van der Waals surface area contributed by atoms with Crippen molar-refractivity contribution in [1.29, 1.82) is 0 Å². The molecule has 1 aromatic heterocycles. The van der Waals surface area contributed by atoms with E-state index < -0.39 is 17.2 Å². The Balaban J connectivity index is 1.36. The molecule has 2 heterocycles. The summed E-state index contributed by atoms with van der Waals surface area (Å²) in [7, 11) is -4.15. The lowest BCUT2D eigenvalue weighted by Crippen LogP contribution is -2.34. The lowest BCUT2D eigenvalue weighted by atomic mass is 9.90. The zero-order valence-corrected chi connectivity index (χ0v) is 30.1. The molecule has 1 atom stereocenters. The van der Waals surface area contributed by atoms with Gasteiger partial charge in [0.1, 0.15) is 23.7 Å². The van der Waals surface area contributed by atoms with Gasteiger partial charge in [-0.05, 0) is 87.2 Å². The van der Waals surface area contributed by atoms with Gasteiger partial charge in [-0.1, -0.05) is 43.2 Å². The quantitative estimate of drug-likeness (QED) is 0.150. The van der Waals surface area contributed by atoms with Crippen LogP contribution in [0.15, 0.2) is 60.8 Å². The van der Waals surface area contributed by atoms with Crippen molar-refractivity contribution in [2.75, 3.05) is 50.4 Å². The third-order valence-corrected chi connectivity index (χ3v) is 11.4. The van der Waals surface area contributed by atoms with Crippen LogP contribution in [0.3, 0.4) is 0 Å².